The number of ketones is 1. The van der Waals surface area contributed by atoms with Gasteiger partial charge in [-0.15, -0.1) is 0 Å². The SMILES string of the molecule is C=CC(=O)c1cc2c(cc1Cl)OCCCO2. The van der Waals surface area contributed by atoms with Crippen LogP contribution in [0.1, 0.15) is 16.8 Å². The summed E-state index contributed by atoms with van der Waals surface area (Å²) >= 11 is 5.98. The summed E-state index contributed by atoms with van der Waals surface area (Å²) < 4.78 is 10.9. The summed E-state index contributed by atoms with van der Waals surface area (Å²) in [6.07, 6.45) is 2.04. The van der Waals surface area contributed by atoms with Crippen molar-refractivity contribution in [3.8, 4) is 11.5 Å². The van der Waals surface area contributed by atoms with Crippen LogP contribution in [0.3, 0.4) is 0 Å². The van der Waals surface area contributed by atoms with Crippen molar-refractivity contribution in [1.29, 1.82) is 0 Å². The average Bonchev–Trinajstić information content (AvgIpc) is 2.51. The predicted octanol–water partition coefficient (Wildman–Crippen LogP) is 2.87. The van der Waals surface area contributed by atoms with Gasteiger partial charge >= 0.3 is 0 Å². The molecule has 0 fully saturated rings. The fraction of sp³-hybridized carbons (Fsp3) is 0.250. The van der Waals surface area contributed by atoms with Gasteiger partial charge in [-0.05, 0) is 12.1 Å². The molecule has 0 radical (unpaired) electrons. The van der Waals surface area contributed by atoms with Crippen LogP contribution in [0.15, 0.2) is 24.8 Å². The lowest BCUT2D eigenvalue weighted by molar-refractivity contribution is 0.104. The van der Waals surface area contributed by atoms with E-state index in [0.29, 0.717) is 35.3 Å². The third kappa shape index (κ3) is 2.04. The average molecular weight is 239 g/mol. The van der Waals surface area contributed by atoms with Crippen molar-refractivity contribution in [1.82, 2.24) is 0 Å². The molecule has 1 aliphatic heterocycles. The van der Waals surface area contributed by atoms with E-state index in [-0.39, 0.29) is 5.78 Å². The van der Waals surface area contributed by atoms with Crippen LogP contribution in [0.2, 0.25) is 5.02 Å². The van der Waals surface area contributed by atoms with Gasteiger partial charge in [0.25, 0.3) is 0 Å². The van der Waals surface area contributed by atoms with Gasteiger partial charge in [0.05, 0.1) is 18.2 Å². The maximum absolute atomic E-state index is 11.5. The van der Waals surface area contributed by atoms with Crippen LogP contribution in [0, 0.1) is 0 Å². The lowest BCUT2D eigenvalue weighted by atomic mass is 10.1. The summed E-state index contributed by atoms with van der Waals surface area (Å²) in [5.41, 5.74) is 0.390. The van der Waals surface area contributed by atoms with E-state index >= 15 is 0 Å². The lowest BCUT2D eigenvalue weighted by Gasteiger charge is -2.09. The molecule has 3 nitrogen and oxygen atoms in total. The van der Waals surface area contributed by atoms with Crippen molar-refractivity contribution < 1.29 is 14.3 Å². The second-order valence-electron chi connectivity index (χ2n) is 3.40. The third-order valence-electron chi connectivity index (χ3n) is 2.29. The summed E-state index contributed by atoms with van der Waals surface area (Å²) in [6, 6.07) is 3.21. The van der Waals surface area contributed by atoms with E-state index in [4.69, 9.17) is 21.1 Å². The number of fused-ring (bicyclic) bond motifs is 1. The minimum absolute atomic E-state index is 0.222. The number of ether oxygens (including phenoxy) is 2. The molecule has 0 saturated heterocycles. The maximum Gasteiger partial charge on any atom is 0.186 e. The lowest BCUT2D eigenvalue weighted by Crippen LogP contribution is -1.98. The van der Waals surface area contributed by atoms with Crippen molar-refractivity contribution >= 4 is 17.4 Å². The molecule has 84 valence electrons. The second-order valence-corrected chi connectivity index (χ2v) is 3.80. The van der Waals surface area contributed by atoms with Crippen LogP contribution < -0.4 is 9.47 Å². The molecule has 0 saturated carbocycles. The maximum atomic E-state index is 11.5. The molecule has 1 aromatic carbocycles. The second kappa shape index (κ2) is 4.58. The molecule has 0 unspecified atom stereocenters. The van der Waals surface area contributed by atoms with E-state index in [9.17, 15) is 4.79 Å². The van der Waals surface area contributed by atoms with Crippen molar-refractivity contribution in [2.75, 3.05) is 13.2 Å². The van der Waals surface area contributed by atoms with Crippen LogP contribution in [-0.4, -0.2) is 19.0 Å². The van der Waals surface area contributed by atoms with Crippen molar-refractivity contribution in [3.05, 3.63) is 35.4 Å². The zero-order chi connectivity index (χ0) is 11.5. The minimum Gasteiger partial charge on any atom is -0.490 e. The molecule has 0 spiro atoms. The number of halogens is 1. The first kappa shape index (κ1) is 11.0. The monoisotopic (exact) mass is 238 g/mol. The van der Waals surface area contributed by atoms with E-state index < -0.39 is 0 Å². The number of carbonyl (C=O) groups excluding carboxylic acids is 1. The zero-order valence-electron chi connectivity index (χ0n) is 8.66. The topological polar surface area (TPSA) is 35.5 Å². The van der Waals surface area contributed by atoms with Gasteiger partial charge in [-0.1, -0.05) is 18.2 Å². The molecule has 1 aromatic rings. The van der Waals surface area contributed by atoms with Gasteiger partial charge in [-0.3, -0.25) is 4.79 Å². The van der Waals surface area contributed by atoms with E-state index in [1.165, 1.54) is 6.08 Å². The van der Waals surface area contributed by atoms with Crippen LogP contribution in [0.5, 0.6) is 11.5 Å². The van der Waals surface area contributed by atoms with Crippen molar-refractivity contribution in [2.45, 2.75) is 6.42 Å². The van der Waals surface area contributed by atoms with Gasteiger partial charge in [0.15, 0.2) is 17.3 Å². The summed E-state index contributed by atoms with van der Waals surface area (Å²) in [5.74, 6) is 0.927. The number of hydrogen-bond acceptors (Lipinski definition) is 3. The van der Waals surface area contributed by atoms with Gasteiger partial charge < -0.3 is 9.47 Å². The first-order chi connectivity index (χ1) is 7.72. The molecule has 2 rings (SSSR count). The molecule has 0 bridgehead atoms. The molecule has 16 heavy (non-hydrogen) atoms. The van der Waals surface area contributed by atoms with Crippen molar-refractivity contribution in [3.63, 3.8) is 0 Å². The zero-order valence-corrected chi connectivity index (χ0v) is 9.42. The molecule has 1 aliphatic rings. The van der Waals surface area contributed by atoms with E-state index in [2.05, 4.69) is 6.58 Å². The largest absolute Gasteiger partial charge is 0.490 e. The quantitative estimate of drug-likeness (QED) is 0.587. The Labute approximate surface area is 98.6 Å². The number of hydrogen-bond donors (Lipinski definition) is 0. The molecule has 0 N–H and O–H groups in total. The van der Waals surface area contributed by atoms with Gasteiger partial charge in [0, 0.05) is 18.1 Å². The Hall–Kier alpha value is -1.48. The molecular weight excluding hydrogens is 228 g/mol. The van der Waals surface area contributed by atoms with Crippen LogP contribution >= 0.6 is 11.6 Å². The Bertz CT molecular complexity index is 440. The van der Waals surface area contributed by atoms with E-state index in [0.717, 1.165) is 6.42 Å². The standard InChI is InChI=1S/C12H11ClO3/c1-2-10(14)8-6-11-12(7-9(8)13)16-5-3-4-15-11/h2,6-7H,1,3-5H2. The van der Waals surface area contributed by atoms with Gasteiger partial charge in [0.1, 0.15) is 0 Å². The third-order valence-corrected chi connectivity index (χ3v) is 2.60. The van der Waals surface area contributed by atoms with Gasteiger partial charge in [-0.25, -0.2) is 0 Å². The van der Waals surface area contributed by atoms with E-state index in [1.54, 1.807) is 12.1 Å². The van der Waals surface area contributed by atoms with Crippen molar-refractivity contribution in [2.24, 2.45) is 0 Å². The Morgan fingerprint density at radius 2 is 1.94 bits per heavy atom. The summed E-state index contributed by atoms with van der Waals surface area (Å²) in [7, 11) is 0. The van der Waals surface area contributed by atoms with Gasteiger partial charge in [-0.2, -0.15) is 0 Å². The Balaban J connectivity index is 2.46. The number of carbonyl (C=O) groups is 1. The highest BCUT2D eigenvalue weighted by atomic mass is 35.5. The van der Waals surface area contributed by atoms with E-state index in [1.807, 2.05) is 0 Å². The Morgan fingerprint density at radius 1 is 1.31 bits per heavy atom. The van der Waals surface area contributed by atoms with Crippen LogP contribution in [-0.2, 0) is 0 Å². The fourth-order valence-corrected chi connectivity index (χ4v) is 1.73. The normalized spacial score (nSPS) is 14.1. The predicted molar refractivity (Wildman–Crippen MR) is 61.6 cm³/mol. The van der Waals surface area contributed by atoms with Crippen LogP contribution in [0.4, 0.5) is 0 Å². The van der Waals surface area contributed by atoms with Gasteiger partial charge in [0.2, 0.25) is 0 Å². The first-order valence-electron chi connectivity index (χ1n) is 4.98. The first-order valence-corrected chi connectivity index (χ1v) is 5.36. The molecule has 4 heteroatoms. The summed E-state index contributed by atoms with van der Waals surface area (Å²) in [5, 5.41) is 0.356. The highest BCUT2D eigenvalue weighted by molar-refractivity contribution is 6.34. The summed E-state index contributed by atoms with van der Waals surface area (Å²) in [4.78, 5) is 11.5. The number of allylic oxidation sites excluding steroid dienone is 1. The number of benzene rings is 1. The molecule has 0 aliphatic carbocycles. The summed E-state index contributed by atoms with van der Waals surface area (Å²) in [6.45, 7) is 4.60. The minimum atomic E-state index is -0.222. The highest BCUT2D eigenvalue weighted by Gasteiger charge is 2.16. The number of rotatable bonds is 2. The molecule has 0 amide bonds. The Kier molecular flexibility index (Phi) is 3.15. The molecule has 1 heterocycles. The molecular formula is C12H11ClO3. The smallest absolute Gasteiger partial charge is 0.186 e. The highest BCUT2D eigenvalue weighted by Crippen LogP contribution is 2.35. The molecule has 0 atom stereocenters. The Morgan fingerprint density at radius 3 is 2.56 bits per heavy atom. The molecule has 0 aromatic heterocycles. The van der Waals surface area contributed by atoms with Crippen LogP contribution in [0.25, 0.3) is 0 Å². The fourth-order valence-electron chi connectivity index (χ4n) is 1.48.